The highest BCUT2D eigenvalue weighted by molar-refractivity contribution is 6.31. The zero-order chi connectivity index (χ0) is 26.2. The number of rotatable bonds is 5. The molecule has 196 valence electrons. The largest absolute Gasteiger partial charge is 0.350 e. The van der Waals surface area contributed by atoms with Gasteiger partial charge in [0, 0.05) is 43.3 Å². The van der Waals surface area contributed by atoms with E-state index in [1.54, 1.807) is 30.6 Å². The Balaban J connectivity index is 1.54. The predicted molar refractivity (Wildman–Crippen MR) is 146 cm³/mol. The number of halogens is 1. The third kappa shape index (κ3) is 6.76. The smallest absolute Gasteiger partial charge is 0.259 e. The first kappa shape index (κ1) is 26.8. The summed E-state index contributed by atoms with van der Waals surface area (Å²) in [6, 6.07) is 9.16. The van der Waals surface area contributed by atoms with Gasteiger partial charge in [-0.1, -0.05) is 30.9 Å². The average Bonchev–Trinajstić information content (AvgIpc) is 3.15. The number of amides is 2. The average molecular weight is 523 g/mol. The predicted octanol–water partition coefficient (Wildman–Crippen LogP) is 4.68. The van der Waals surface area contributed by atoms with Crippen molar-refractivity contribution in [3.05, 3.63) is 75.8 Å². The number of pyridine rings is 1. The summed E-state index contributed by atoms with van der Waals surface area (Å²) in [7, 11) is 0. The molecule has 0 saturated heterocycles. The maximum absolute atomic E-state index is 13.5. The van der Waals surface area contributed by atoms with Crippen LogP contribution >= 0.6 is 11.6 Å². The van der Waals surface area contributed by atoms with Gasteiger partial charge in [0.05, 0.1) is 28.5 Å². The lowest BCUT2D eigenvalue weighted by atomic mass is 10.0. The van der Waals surface area contributed by atoms with Crippen molar-refractivity contribution in [2.24, 2.45) is 0 Å². The zero-order valence-corrected chi connectivity index (χ0v) is 22.4. The maximum Gasteiger partial charge on any atom is 0.259 e. The number of benzene rings is 1. The lowest BCUT2D eigenvalue weighted by Gasteiger charge is -2.26. The number of carbonyl (C=O) groups excluding carboxylic acids is 2. The topological polar surface area (TPSA) is 92.2 Å². The van der Waals surface area contributed by atoms with E-state index in [2.05, 4.69) is 20.7 Å². The number of aryl methyl sites for hydroxylation is 1. The molecule has 1 aliphatic heterocycles. The van der Waals surface area contributed by atoms with Gasteiger partial charge in [0.1, 0.15) is 0 Å². The number of carbonyl (C=O) groups is 2. The van der Waals surface area contributed by atoms with Crippen molar-refractivity contribution in [2.75, 3.05) is 24.5 Å². The van der Waals surface area contributed by atoms with E-state index in [4.69, 9.17) is 11.6 Å². The minimum atomic E-state index is -0.160. The van der Waals surface area contributed by atoms with Crippen molar-refractivity contribution >= 4 is 29.1 Å². The summed E-state index contributed by atoms with van der Waals surface area (Å²) >= 11 is 6.23. The number of hydrogen-bond acceptors (Lipinski definition) is 5. The Morgan fingerprint density at radius 1 is 1.08 bits per heavy atom. The highest BCUT2D eigenvalue weighted by Gasteiger charge is 2.22. The number of nitrogens with one attached hydrogen (secondary N) is 2. The van der Waals surface area contributed by atoms with Gasteiger partial charge in [-0.25, -0.2) is 0 Å². The van der Waals surface area contributed by atoms with Gasteiger partial charge in [-0.15, -0.1) is 0 Å². The number of aromatic nitrogens is 3. The lowest BCUT2D eigenvalue weighted by molar-refractivity contribution is 0.0950. The van der Waals surface area contributed by atoms with Crippen LogP contribution in [0.2, 0.25) is 5.02 Å². The van der Waals surface area contributed by atoms with Gasteiger partial charge >= 0.3 is 0 Å². The van der Waals surface area contributed by atoms with Crippen molar-refractivity contribution in [1.82, 2.24) is 25.4 Å². The molecule has 1 aliphatic rings. The molecule has 9 heteroatoms. The Labute approximate surface area is 223 Å². The standard InChI is InChI=1S/C28H35ClN6O2/c1-20-26(29)21(2)35(33-20)16-14-32-27(36)22-10-11-25-24(17-22)19-30-12-6-4-3-5-7-15-34(25)28(37)23-9-8-13-31-18-23/h8-11,13,17-18,30H,3-7,12,14-16,19H2,1-2H3,(H,32,36). The molecule has 3 heterocycles. The van der Waals surface area contributed by atoms with Crippen LogP contribution in [0.3, 0.4) is 0 Å². The Hall–Kier alpha value is -3.23. The fraction of sp³-hybridized carbons (Fsp3) is 0.429. The van der Waals surface area contributed by atoms with Crippen LogP contribution in [0.4, 0.5) is 5.69 Å². The highest BCUT2D eigenvalue weighted by atomic mass is 35.5. The monoisotopic (exact) mass is 522 g/mol. The molecule has 0 saturated carbocycles. The summed E-state index contributed by atoms with van der Waals surface area (Å²) in [5.74, 6) is -0.237. The van der Waals surface area contributed by atoms with Crippen LogP contribution < -0.4 is 15.5 Å². The van der Waals surface area contributed by atoms with Crippen molar-refractivity contribution in [3.8, 4) is 0 Å². The molecule has 2 N–H and O–H groups in total. The molecule has 0 fully saturated rings. The second-order valence-electron chi connectivity index (χ2n) is 9.45. The summed E-state index contributed by atoms with van der Waals surface area (Å²) in [6.07, 6.45) is 8.72. The van der Waals surface area contributed by atoms with Gasteiger partial charge in [0.2, 0.25) is 0 Å². The fourth-order valence-corrected chi connectivity index (χ4v) is 4.79. The zero-order valence-electron chi connectivity index (χ0n) is 21.6. The first-order valence-corrected chi connectivity index (χ1v) is 13.4. The fourth-order valence-electron chi connectivity index (χ4n) is 4.65. The molecule has 4 rings (SSSR count). The molecule has 2 amide bonds. The number of hydrogen-bond donors (Lipinski definition) is 2. The number of fused-ring (bicyclic) bond motifs is 1. The van der Waals surface area contributed by atoms with E-state index in [9.17, 15) is 9.59 Å². The molecule has 0 spiro atoms. The minimum absolute atomic E-state index is 0.0767. The quantitative estimate of drug-likeness (QED) is 0.507. The molecule has 0 unspecified atom stereocenters. The summed E-state index contributed by atoms with van der Waals surface area (Å²) in [6.45, 7) is 6.85. The van der Waals surface area contributed by atoms with Gasteiger partial charge in [-0.05, 0) is 69.1 Å². The molecule has 2 aromatic heterocycles. The van der Waals surface area contributed by atoms with Crippen LogP contribution in [-0.2, 0) is 13.1 Å². The van der Waals surface area contributed by atoms with Crippen LogP contribution in [-0.4, -0.2) is 46.2 Å². The molecule has 0 bridgehead atoms. The van der Waals surface area contributed by atoms with Crippen LogP contribution in [0.1, 0.15) is 69.8 Å². The normalized spacial score (nSPS) is 14.8. The molecular formula is C28H35ClN6O2. The van der Waals surface area contributed by atoms with E-state index in [-0.39, 0.29) is 11.8 Å². The summed E-state index contributed by atoms with van der Waals surface area (Å²) in [4.78, 5) is 32.5. The van der Waals surface area contributed by atoms with Gasteiger partial charge in [0.25, 0.3) is 11.8 Å². The summed E-state index contributed by atoms with van der Waals surface area (Å²) in [5.41, 5.74) is 4.54. The molecular weight excluding hydrogens is 488 g/mol. The molecule has 8 nitrogen and oxygen atoms in total. The first-order chi connectivity index (χ1) is 18.0. The molecule has 0 aliphatic carbocycles. The molecule has 0 radical (unpaired) electrons. The second-order valence-corrected chi connectivity index (χ2v) is 9.83. The minimum Gasteiger partial charge on any atom is -0.350 e. The molecule has 37 heavy (non-hydrogen) atoms. The van der Waals surface area contributed by atoms with E-state index in [0.29, 0.717) is 42.3 Å². The third-order valence-electron chi connectivity index (χ3n) is 6.74. The van der Waals surface area contributed by atoms with Crippen molar-refractivity contribution < 1.29 is 9.59 Å². The van der Waals surface area contributed by atoms with Crippen LogP contribution in [0, 0.1) is 13.8 Å². The first-order valence-electron chi connectivity index (χ1n) is 13.0. The van der Waals surface area contributed by atoms with Gasteiger partial charge in [0.15, 0.2) is 0 Å². The summed E-state index contributed by atoms with van der Waals surface area (Å²) in [5, 5.41) is 11.6. The summed E-state index contributed by atoms with van der Waals surface area (Å²) < 4.78 is 1.81. The van der Waals surface area contributed by atoms with Crippen molar-refractivity contribution in [2.45, 2.75) is 59.0 Å². The van der Waals surface area contributed by atoms with E-state index >= 15 is 0 Å². The number of nitrogens with zero attached hydrogens (tertiary/aromatic N) is 4. The molecule has 3 aromatic rings. The maximum atomic E-state index is 13.5. The van der Waals surface area contributed by atoms with E-state index in [1.165, 1.54) is 6.42 Å². The number of anilines is 1. The Morgan fingerprint density at radius 3 is 2.65 bits per heavy atom. The van der Waals surface area contributed by atoms with E-state index in [0.717, 1.165) is 54.9 Å². The van der Waals surface area contributed by atoms with Gasteiger partial charge in [-0.2, -0.15) is 5.10 Å². The lowest BCUT2D eigenvalue weighted by Crippen LogP contribution is -2.34. The van der Waals surface area contributed by atoms with Crippen LogP contribution in [0.15, 0.2) is 42.7 Å². The molecule has 0 atom stereocenters. The molecule has 1 aromatic carbocycles. The van der Waals surface area contributed by atoms with Gasteiger partial charge in [-0.3, -0.25) is 19.3 Å². The van der Waals surface area contributed by atoms with E-state index < -0.39 is 0 Å². The third-order valence-corrected chi connectivity index (χ3v) is 7.29. The highest BCUT2D eigenvalue weighted by Crippen LogP contribution is 2.26. The van der Waals surface area contributed by atoms with Crippen molar-refractivity contribution in [3.63, 3.8) is 0 Å². The Bertz CT molecular complexity index is 1230. The van der Waals surface area contributed by atoms with E-state index in [1.807, 2.05) is 35.6 Å². The van der Waals surface area contributed by atoms with Crippen molar-refractivity contribution in [1.29, 1.82) is 0 Å². The van der Waals surface area contributed by atoms with Crippen LogP contribution in [0.5, 0.6) is 0 Å². The Kier molecular flexibility index (Phi) is 9.30. The Morgan fingerprint density at radius 2 is 1.89 bits per heavy atom. The SMILES string of the molecule is Cc1nn(CCNC(=O)c2ccc3c(c2)CNCCCCCCCN3C(=O)c2cccnc2)c(C)c1Cl. The van der Waals surface area contributed by atoms with Gasteiger partial charge < -0.3 is 15.5 Å². The second kappa shape index (κ2) is 12.8. The van der Waals surface area contributed by atoms with Crippen LogP contribution in [0.25, 0.3) is 0 Å².